The summed E-state index contributed by atoms with van der Waals surface area (Å²) in [5.41, 5.74) is 8.82. The monoisotopic (exact) mass is 581 g/mol. The summed E-state index contributed by atoms with van der Waals surface area (Å²) < 4.78 is 2.64. The van der Waals surface area contributed by atoms with Gasteiger partial charge in [-0.05, 0) is 65.1 Å². The fraction of sp³-hybridized carbons (Fsp3) is 0.0250. The van der Waals surface area contributed by atoms with E-state index < -0.39 is 0 Å². The molecule has 0 unspecified atom stereocenters. The molecule has 0 bridgehead atoms. The van der Waals surface area contributed by atoms with Crippen molar-refractivity contribution in [3.05, 3.63) is 151 Å². The molecule has 0 aliphatic heterocycles. The van der Waals surface area contributed by atoms with Crippen LogP contribution in [0.1, 0.15) is 5.56 Å². The van der Waals surface area contributed by atoms with Gasteiger partial charge in [-0.25, -0.2) is 15.0 Å². The summed E-state index contributed by atoms with van der Waals surface area (Å²) in [5, 5.41) is 2.63. The molecule has 0 amide bonds. The maximum Gasteiger partial charge on any atom is 0.164 e. The fourth-order valence-electron chi connectivity index (χ4n) is 5.78. The van der Waals surface area contributed by atoms with Crippen molar-refractivity contribution in [1.29, 1.82) is 0 Å². The molecule has 0 atom stereocenters. The van der Waals surface area contributed by atoms with Gasteiger partial charge in [0.25, 0.3) is 0 Å². The minimum absolute atomic E-state index is 0.657. The molecule has 0 saturated heterocycles. The van der Waals surface area contributed by atoms with Crippen LogP contribution in [0.2, 0.25) is 0 Å². The molecule has 2 heterocycles. The Hall–Kier alpha value is -5.45. The molecular weight excluding hydrogens is 555 g/mol. The number of fused-ring (bicyclic) bond motifs is 3. The summed E-state index contributed by atoms with van der Waals surface area (Å²) in [7, 11) is 0. The first-order chi connectivity index (χ1) is 21.7. The predicted octanol–water partition coefficient (Wildman–Crippen LogP) is 10.9. The summed E-state index contributed by atoms with van der Waals surface area (Å²) in [6.45, 7) is 2.16. The molecule has 8 aromatic rings. The number of hydrogen-bond donors (Lipinski definition) is 0. The van der Waals surface area contributed by atoms with Gasteiger partial charge in [-0.3, -0.25) is 0 Å². The molecule has 0 spiro atoms. The lowest BCUT2D eigenvalue weighted by molar-refractivity contribution is 1.07. The second kappa shape index (κ2) is 11.0. The number of aromatic nitrogens is 3. The molecule has 208 valence electrons. The predicted molar refractivity (Wildman–Crippen MR) is 185 cm³/mol. The Labute approximate surface area is 260 Å². The maximum atomic E-state index is 4.96. The van der Waals surface area contributed by atoms with E-state index in [1.807, 2.05) is 72.0 Å². The summed E-state index contributed by atoms with van der Waals surface area (Å²) in [5.74, 6) is 1.98. The normalized spacial score (nSPS) is 11.3. The van der Waals surface area contributed by atoms with Gasteiger partial charge in [0, 0.05) is 36.9 Å². The maximum absolute atomic E-state index is 4.96. The number of nitrogens with zero attached hydrogens (tertiary/aromatic N) is 3. The molecule has 0 N–H and O–H groups in total. The Balaban J connectivity index is 1.22. The average Bonchev–Trinajstić information content (AvgIpc) is 3.47. The molecule has 4 heteroatoms. The van der Waals surface area contributed by atoms with Crippen molar-refractivity contribution < 1.29 is 0 Å². The van der Waals surface area contributed by atoms with Crippen molar-refractivity contribution in [2.24, 2.45) is 0 Å². The van der Waals surface area contributed by atoms with Gasteiger partial charge in [0.2, 0.25) is 0 Å². The van der Waals surface area contributed by atoms with Crippen LogP contribution >= 0.6 is 11.3 Å². The molecule has 0 fully saturated rings. The van der Waals surface area contributed by atoms with Crippen LogP contribution in [0.15, 0.2) is 146 Å². The van der Waals surface area contributed by atoms with Crippen molar-refractivity contribution in [3.8, 4) is 56.4 Å². The first kappa shape index (κ1) is 26.2. The third-order valence-corrected chi connectivity index (χ3v) is 9.23. The van der Waals surface area contributed by atoms with E-state index in [4.69, 9.17) is 15.0 Å². The van der Waals surface area contributed by atoms with Gasteiger partial charge in [-0.2, -0.15) is 0 Å². The van der Waals surface area contributed by atoms with Crippen LogP contribution in [0.3, 0.4) is 0 Å². The van der Waals surface area contributed by atoms with Gasteiger partial charge in [0.05, 0.1) is 0 Å². The van der Waals surface area contributed by atoms with Crippen molar-refractivity contribution in [3.63, 3.8) is 0 Å². The zero-order chi connectivity index (χ0) is 29.5. The average molecular weight is 582 g/mol. The minimum atomic E-state index is 0.657. The van der Waals surface area contributed by atoms with E-state index in [1.165, 1.54) is 36.9 Å². The molecule has 3 nitrogen and oxygen atoms in total. The second-order valence-corrected chi connectivity index (χ2v) is 12.0. The van der Waals surface area contributed by atoms with Crippen molar-refractivity contribution in [2.75, 3.05) is 0 Å². The summed E-state index contributed by atoms with van der Waals surface area (Å²) in [6, 6.07) is 51.0. The molecule has 8 rings (SSSR count). The molecule has 0 radical (unpaired) electrons. The van der Waals surface area contributed by atoms with Gasteiger partial charge >= 0.3 is 0 Å². The Bertz CT molecular complexity index is 2230. The number of thiophene rings is 1. The molecular formula is C40H27N3S. The smallest absolute Gasteiger partial charge is 0.164 e. The molecule has 6 aromatic carbocycles. The SMILES string of the molecule is Cc1ccc(-c2nc(-c3ccccc3)nc(-c3ccccc3)n2)cc1-c1cccc(-c2ccc3sc4ccccc4c3c2)c1. The van der Waals surface area contributed by atoms with Gasteiger partial charge in [0.1, 0.15) is 0 Å². The Morgan fingerprint density at radius 3 is 1.66 bits per heavy atom. The van der Waals surface area contributed by atoms with Crippen LogP contribution in [0.25, 0.3) is 76.6 Å². The lowest BCUT2D eigenvalue weighted by Gasteiger charge is -2.12. The Morgan fingerprint density at radius 1 is 0.386 bits per heavy atom. The lowest BCUT2D eigenvalue weighted by atomic mass is 9.94. The zero-order valence-electron chi connectivity index (χ0n) is 24.1. The molecule has 0 saturated carbocycles. The fourth-order valence-corrected chi connectivity index (χ4v) is 6.87. The van der Waals surface area contributed by atoms with Crippen LogP contribution in [-0.2, 0) is 0 Å². The van der Waals surface area contributed by atoms with E-state index in [2.05, 4.69) is 91.9 Å². The third-order valence-electron chi connectivity index (χ3n) is 8.08. The van der Waals surface area contributed by atoms with Crippen LogP contribution < -0.4 is 0 Å². The van der Waals surface area contributed by atoms with Crippen LogP contribution in [0.4, 0.5) is 0 Å². The second-order valence-electron chi connectivity index (χ2n) is 11.0. The van der Waals surface area contributed by atoms with E-state index in [0.29, 0.717) is 17.5 Å². The molecule has 44 heavy (non-hydrogen) atoms. The van der Waals surface area contributed by atoms with Gasteiger partial charge < -0.3 is 0 Å². The Kier molecular flexibility index (Phi) is 6.55. The number of rotatable bonds is 5. The highest BCUT2D eigenvalue weighted by Crippen LogP contribution is 2.37. The largest absolute Gasteiger partial charge is 0.208 e. The van der Waals surface area contributed by atoms with Crippen molar-refractivity contribution in [1.82, 2.24) is 15.0 Å². The highest BCUT2D eigenvalue weighted by atomic mass is 32.1. The van der Waals surface area contributed by atoms with Gasteiger partial charge in [-0.1, -0.05) is 115 Å². The number of benzene rings is 6. The quantitative estimate of drug-likeness (QED) is 0.203. The van der Waals surface area contributed by atoms with E-state index >= 15 is 0 Å². The standard InChI is InChI=1S/C40H27N3S/c1-26-19-20-32(40-42-38(27-11-4-2-5-12-27)41-39(43-40)28-13-6-3-7-14-28)25-34(26)31-16-10-15-29(23-31)30-21-22-37-35(24-30)33-17-8-9-18-36(33)44-37/h2-25H,1H3. The topological polar surface area (TPSA) is 38.7 Å². The van der Waals surface area contributed by atoms with Crippen LogP contribution in [0.5, 0.6) is 0 Å². The first-order valence-corrected chi connectivity index (χ1v) is 15.5. The highest BCUT2D eigenvalue weighted by molar-refractivity contribution is 7.25. The lowest BCUT2D eigenvalue weighted by Crippen LogP contribution is -2.00. The van der Waals surface area contributed by atoms with E-state index in [9.17, 15) is 0 Å². The first-order valence-electron chi connectivity index (χ1n) is 14.7. The summed E-state index contributed by atoms with van der Waals surface area (Å²) >= 11 is 1.85. The third kappa shape index (κ3) is 4.85. The molecule has 2 aromatic heterocycles. The van der Waals surface area contributed by atoms with E-state index in [-0.39, 0.29) is 0 Å². The molecule has 0 aliphatic rings. The van der Waals surface area contributed by atoms with Gasteiger partial charge in [-0.15, -0.1) is 11.3 Å². The summed E-state index contributed by atoms with van der Waals surface area (Å²) in [6.07, 6.45) is 0. The van der Waals surface area contributed by atoms with E-state index in [1.54, 1.807) is 0 Å². The van der Waals surface area contributed by atoms with Crippen molar-refractivity contribution in [2.45, 2.75) is 6.92 Å². The van der Waals surface area contributed by atoms with Crippen LogP contribution in [0, 0.1) is 6.92 Å². The van der Waals surface area contributed by atoms with Gasteiger partial charge in [0.15, 0.2) is 17.5 Å². The number of aryl methyl sites for hydroxylation is 1. The summed E-state index contributed by atoms with van der Waals surface area (Å²) in [4.78, 5) is 14.8. The minimum Gasteiger partial charge on any atom is -0.208 e. The Morgan fingerprint density at radius 2 is 0.932 bits per heavy atom. The molecule has 0 aliphatic carbocycles. The highest BCUT2D eigenvalue weighted by Gasteiger charge is 2.14. The number of hydrogen-bond acceptors (Lipinski definition) is 4. The van der Waals surface area contributed by atoms with Crippen LogP contribution in [-0.4, -0.2) is 15.0 Å². The van der Waals surface area contributed by atoms with Crippen molar-refractivity contribution >= 4 is 31.5 Å². The zero-order valence-corrected chi connectivity index (χ0v) is 24.9. The van der Waals surface area contributed by atoms with E-state index in [0.717, 1.165) is 27.8 Å².